The molecule has 1 fully saturated rings. The van der Waals surface area contributed by atoms with Crippen LogP contribution in [0.3, 0.4) is 0 Å². The number of methoxy groups -OCH3 is 1. The van der Waals surface area contributed by atoms with E-state index in [4.69, 9.17) is 16.3 Å². The zero-order chi connectivity index (χ0) is 25.3. The Morgan fingerprint density at radius 3 is 2.57 bits per heavy atom. The van der Waals surface area contributed by atoms with Gasteiger partial charge in [0.25, 0.3) is 6.43 Å². The largest absolute Gasteiger partial charge is 0.370 e. The lowest BCUT2D eigenvalue weighted by Gasteiger charge is -2.37. The number of ether oxygens (including phenoxy) is 1. The first kappa shape index (κ1) is 25.6. The number of fused-ring (bicyclic) bond motifs is 1. The highest BCUT2D eigenvalue weighted by Gasteiger charge is 2.40. The molecule has 1 aliphatic carbocycles. The number of halogens is 4. The van der Waals surface area contributed by atoms with Crippen molar-refractivity contribution in [3.8, 4) is 0 Å². The molecule has 6 nitrogen and oxygen atoms in total. The standard InChI is InChI=1S/C25H28ClF3N4O2/c1-14(16-5-4-6-17(21(16)27)22(28)29)30-23-18-11-15(12-19(18)31-24(26)32-23)13-20(34)25(35-3)7-9-33(2)10-8-25/h4-6,13-14,22H,7-12H2,1-3H3,(H,30,31,32)/t14-/m1/s1. The summed E-state index contributed by atoms with van der Waals surface area (Å²) in [4.78, 5) is 24.0. The molecular formula is C25H28ClF3N4O2. The molecule has 0 unspecified atom stereocenters. The quantitative estimate of drug-likeness (QED) is 0.415. The van der Waals surface area contributed by atoms with Crippen LogP contribution in [0.15, 0.2) is 29.8 Å². The van der Waals surface area contributed by atoms with E-state index in [1.807, 2.05) is 7.05 Å². The fourth-order valence-corrected chi connectivity index (χ4v) is 4.95. The number of hydrogen-bond acceptors (Lipinski definition) is 6. The van der Waals surface area contributed by atoms with Crippen LogP contribution in [-0.4, -0.2) is 53.5 Å². The number of nitrogens with zero attached hydrogens (tertiary/aromatic N) is 3. The number of piperidine rings is 1. The second-order valence-electron chi connectivity index (χ2n) is 9.21. The number of ketones is 1. The van der Waals surface area contributed by atoms with Gasteiger partial charge in [0.05, 0.1) is 17.3 Å². The van der Waals surface area contributed by atoms with Gasteiger partial charge in [0.15, 0.2) is 5.78 Å². The van der Waals surface area contributed by atoms with Crippen molar-refractivity contribution in [1.29, 1.82) is 0 Å². The van der Waals surface area contributed by atoms with E-state index in [-0.39, 0.29) is 16.6 Å². The Labute approximate surface area is 207 Å². The van der Waals surface area contributed by atoms with E-state index in [1.54, 1.807) is 20.1 Å². The van der Waals surface area contributed by atoms with E-state index in [2.05, 4.69) is 20.2 Å². The monoisotopic (exact) mass is 508 g/mol. The number of allylic oxidation sites excluding steroid dienone is 1. The number of alkyl halides is 2. The maximum atomic E-state index is 14.7. The Kier molecular flexibility index (Phi) is 7.49. The molecule has 2 heterocycles. The topological polar surface area (TPSA) is 67.3 Å². The van der Waals surface area contributed by atoms with Crippen LogP contribution >= 0.6 is 11.6 Å². The zero-order valence-electron chi connectivity index (χ0n) is 19.9. The lowest BCUT2D eigenvalue weighted by Crippen LogP contribution is -2.49. The third-order valence-electron chi connectivity index (χ3n) is 6.95. The molecule has 2 aliphatic rings. The van der Waals surface area contributed by atoms with Gasteiger partial charge in [-0.3, -0.25) is 4.79 Å². The van der Waals surface area contributed by atoms with E-state index >= 15 is 0 Å². The summed E-state index contributed by atoms with van der Waals surface area (Å²) in [5.74, 6) is -0.622. The van der Waals surface area contributed by atoms with E-state index in [0.29, 0.717) is 37.2 Å². The third-order valence-corrected chi connectivity index (χ3v) is 7.12. The first-order valence-electron chi connectivity index (χ1n) is 11.5. The number of carbonyl (C=O) groups is 1. The fraction of sp³-hybridized carbons (Fsp3) is 0.480. The first-order chi connectivity index (χ1) is 16.6. The Morgan fingerprint density at radius 1 is 1.23 bits per heavy atom. The van der Waals surface area contributed by atoms with Crippen LogP contribution in [0.5, 0.6) is 0 Å². The van der Waals surface area contributed by atoms with Crippen molar-refractivity contribution >= 4 is 23.2 Å². The van der Waals surface area contributed by atoms with E-state index in [1.165, 1.54) is 12.1 Å². The molecular weight excluding hydrogens is 481 g/mol. The summed E-state index contributed by atoms with van der Waals surface area (Å²) in [6, 6.07) is 3.27. The Morgan fingerprint density at radius 2 is 1.91 bits per heavy atom. The highest BCUT2D eigenvalue weighted by atomic mass is 35.5. The number of benzene rings is 1. The van der Waals surface area contributed by atoms with Crippen molar-refractivity contribution in [3.05, 3.63) is 63.3 Å². The average Bonchev–Trinajstić information content (AvgIpc) is 3.22. The number of hydrogen-bond donors (Lipinski definition) is 1. The normalized spacial score (nSPS) is 19.7. The molecule has 1 aliphatic heterocycles. The molecule has 10 heteroatoms. The van der Waals surface area contributed by atoms with E-state index in [9.17, 15) is 18.0 Å². The summed E-state index contributed by atoms with van der Waals surface area (Å²) in [7, 11) is 3.59. The highest BCUT2D eigenvalue weighted by molar-refractivity contribution is 6.28. The van der Waals surface area contributed by atoms with Crippen LogP contribution in [0.1, 0.15) is 54.6 Å². The Bertz CT molecular complexity index is 1150. The molecule has 0 saturated carbocycles. The third kappa shape index (κ3) is 5.22. The maximum absolute atomic E-state index is 14.7. The smallest absolute Gasteiger partial charge is 0.266 e. The molecule has 0 radical (unpaired) electrons. The van der Waals surface area contributed by atoms with Crippen molar-refractivity contribution in [1.82, 2.24) is 14.9 Å². The van der Waals surface area contributed by atoms with Crippen molar-refractivity contribution in [2.24, 2.45) is 0 Å². The number of anilines is 1. The molecule has 1 atom stereocenters. The minimum Gasteiger partial charge on any atom is -0.370 e. The molecule has 1 aromatic heterocycles. The summed E-state index contributed by atoms with van der Waals surface area (Å²) < 4.78 is 46.6. The van der Waals surface area contributed by atoms with Gasteiger partial charge in [-0.25, -0.2) is 23.1 Å². The lowest BCUT2D eigenvalue weighted by atomic mass is 9.86. The Balaban J connectivity index is 1.57. The van der Waals surface area contributed by atoms with Crippen LogP contribution in [-0.2, 0) is 22.4 Å². The number of nitrogens with one attached hydrogen (secondary N) is 1. The molecule has 1 N–H and O–H groups in total. The van der Waals surface area contributed by atoms with Gasteiger partial charge < -0.3 is 15.0 Å². The fourth-order valence-electron chi connectivity index (χ4n) is 4.76. The van der Waals surface area contributed by atoms with Gasteiger partial charge in [0, 0.05) is 37.7 Å². The summed E-state index contributed by atoms with van der Waals surface area (Å²) in [6.07, 6.45) is 0.825. The number of carbonyl (C=O) groups excluding carboxylic acids is 1. The zero-order valence-corrected chi connectivity index (χ0v) is 20.6. The molecule has 0 bridgehead atoms. The van der Waals surface area contributed by atoms with Gasteiger partial charge in [-0.2, -0.15) is 0 Å². The molecule has 1 saturated heterocycles. The molecule has 0 spiro atoms. The van der Waals surface area contributed by atoms with Crippen LogP contribution in [0, 0.1) is 5.82 Å². The van der Waals surface area contributed by atoms with E-state index < -0.39 is 29.4 Å². The molecule has 4 rings (SSSR count). The minimum atomic E-state index is -2.91. The summed E-state index contributed by atoms with van der Waals surface area (Å²) in [5, 5.41) is 3.11. The van der Waals surface area contributed by atoms with Gasteiger partial charge in [-0.05, 0) is 50.9 Å². The number of likely N-dealkylation sites (tertiary alicyclic amines) is 1. The van der Waals surface area contributed by atoms with Gasteiger partial charge in [-0.1, -0.05) is 23.8 Å². The van der Waals surface area contributed by atoms with Crippen LogP contribution in [0.25, 0.3) is 0 Å². The number of rotatable bonds is 7. The van der Waals surface area contributed by atoms with Crippen LogP contribution in [0.4, 0.5) is 19.0 Å². The molecule has 1 aromatic carbocycles. The van der Waals surface area contributed by atoms with Crippen molar-refractivity contribution < 1.29 is 22.7 Å². The van der Waals surface area contributed by atoms with Crippen molar-refractivity contribution in [3.63, 3.8) is 0 Å². The van der Waals surface area contributed by atoms with Gasteiger partial charge in [-0.15, -0.1) is 0 Å². The van der Waals surface area contributed by atoms with Crippen LogP contribution < -0.4 is 5.32 Å². The summed E-state index contributed by atoms with van der Waals surface area (Å²) in [5.41, 5.74) is 0.904. The first-order valence-corrected chi connectivity index (χ1v) is 11.9. The second kappa shape index (κ2) is 10.2. The van der Waals surface area contributed by atoms with Gasteiger partial charge in [0.1, 0.15) is 17.2 Å². The van der Waals surface area contributed by atoms with Crippen molar-refractivity contribution in [2.75, 3.05) is 32.6 Å². The lowest BCUT2D eigenvalue weighted by molar-refractivity contribution is -0.141. The van der Waals surface area contributed by atoms with E-state index in [0.717, 1.165) is 30.3 Å². The van der Waals surface area contributed by atoms with Gasteiger partial charge in [0.2, 0.25) is 5.28 Å². The van der Waals surface area contributed by atoms with Crippen LogP contribution in [0.2, 0.25) is 5.28 Å². The average molecular weight is 509 g/mol. The predicted molar refractivity (Wildman–Crippen MR) is 127 cm³/mol. The Hall–Kier alpha value is -2.49. The minimum absolute atomic E-state index is 0.0107. The summed E-state index contributed by atoms with van der Waals surface area (Å²) >= 11 is 6.14. The molecule has 0 amide bonds. The highest BCUT2D eigenvalue weighted by Crippen LogP contribution is 2.35. The van der Waals surface area contributed by atoms with Crippen molar-refractivity contribution in [2.45, 2.75) is 50.7 Å². The molecule has 2 aromatic rings. The summed E-state index contributed by atoms with van der Waals surface area (Å²) in [6.45, 7) is 3.21. The predicted octanol–water partition coefficient (Wildman–Crippen LogP) is 5.08. The maximum Gasteiger partial charge on any atom is 0.266 e. The number of aromatic nitrogens is 2. The molecule has 35 heavy (non-hydrogen) atoms. The molecule has 188 valence electrons. The van der Waals surface area contributed by atoms with Gasteiger partial charge >= 0.3 is 0 Å². The second-order valence-corrected chi connectivity index (χ2v) is 9.54. The SMILES string of the molecule is COC1(C(=O)C=C2Cc3nc(Cl)nc(N[C@H](C)c4cccc(C(F)F)c4F)c3C2)CCN(C)CC1.